The maximum absolute atomic E-state index is 12.2. The van der Waals surface area contributed by atoms with E-state index in [4.69, 9.17) is 4.74 Å². The first kappa shape index (κ1) is 18.0. The van der Waals surface area contributed by atoms with Crippen LogP contribution in [0.25, 0.3) is 5.65 Å². The van der Waals surface area contributed by atoms with Crippen molar-refractivity contribution >= 4 is 33.3 Å². The molecule has 2 aromatic heterocycles. The van der Waals surface area contributed by atoms with Crippen molar-refractivity contribution in [1.82, 2.24) is 9.38 Å². The monoisotopic (exact) mass is 418 g/mol. The molecule has 130 valence electrons. The van der Waals surface area contributed by atoms with Gasteiger partial charge in [-0.15, -0.1) is 0 Å². The second-order valence-electron chi connectivity index (χ2n) is 5.83. The van der Waals surface area contributed by atoms with Crippen molar-refractivity contribution in [1.29, 1.82) is 0 Å². The lowest BCUT2D eigenvalue weighted by atomic mass is 10.1. The highest BCUT2D eigenvalue weighted by atomic mass is 79.9. The smallest absolute Gasteiger partial charge is 0.258 e. The summed E-state index contributed by atoms with van der Waals surface area (Å²) in [5.41, 5.74) is 3.74. The van der Waals surface area contributed by atoms with E-state index in [1.165, 1.54) is 5.56 Å². The van der Waals surface area contributed by atoms with Crippen LogP contribution in [-0.2, 0) is 5.75 Å². The average Bonchev–Trinajstić information content (AvgIpc) is 2.58. The Morgan fingerprint density at radius 3 is 2.88 bits per heavy atom. The number of pyridine rings is 1. The quantitative estimate of drug-likeness (QED) is 0.556. The van der Waals surface area contributed by atoms with Gasteiger partial charge in [0.25, 0.3) is 5.56 Å². The fourth-order valence-corrected chi connectivity index (χ4v) is 3.49. The summed E-state index contributed by atoms with van der Waals surface area (Å²) >= 11 is 5.08. The van der Waals surface area contributed by atoms with E-state index in [1.807, 2.05) is 19.1 Å². The first-order valence-corrected chi connectivity index (χ1v) is 9.93. The van der Waals surface area contributed by atoms with Crippen LogP contribution in [0.5, 0.6) is 5.75 Å². The molecular formula is C19H19BrN2O2S. The van der Waals surface area contributed by atoms with Crippen LogP contribution in [0.1, 0.15) is 16.8 Å². The summed E-state index contributed by atoms with van der Waals surface area (Å²) in [6.07, 6.45) is 1.74. The molecule has 0 bridgehead atoms. The molecule has 0 amide bonds. The molecular weight excluding hydrogens is 400 g/mol. The Morgan fingerprint density at radius 1 is 1.20 bits per heavy atom. The van der Waals surface area contributed by atoms with Crippen molar-refractivity contribution in [3.8, 4) is 5.75 Å². The Balaban J connectivity index is 1.55. The number of ether oxygens (including phenoxy) is 1. The highest BCUT2D eigenvalue weighted by Crippen LogP contribution is 2.19. The minimum atomic E-state index is -0.0615. The Bertz CT molecular complexity index is 956. The predicted octanol–water partition coefficient (Wildman–Crippen LogP) is 4.39. The van der Waals surface area contributed by atoms with Crippen molar-refractivity contribution < 1.29 is 4.74 Å². The van der Waals surface area contributed by atoms with Gasteiger partial charge in [0.1, 0.15) is 11.4 Å². The maximum Gasteiger partial charge on any atom is 0.258 e. The first-order valence-electron chi connectivity index (χ1n) is 7.98. The van der Waals surface area contributed by atoms with E-state index in [0.717, 1.165) is 27.2 Å². The van der Waals surface area contributed by atoms with Crippen LogP contribution >= 0.6 is 27.7 Å². The molecule has 0 fully saturated rings. The summed E-state index contributed by atoms with van der Waals surface area (Å²) < 4.78 is 8.25. The SMILES string of the molecule is Cc1ccc(C)c(OCCSCc2cc(=O)n3cc(Br)ccc3n2)c1. The number of aryl methyl sites for hydroxylation is 2. The van der Waals surface area contributed by atoms with E-state index in [0.29, 0.717) is 18.0 Å². The molecule has 1 aromatic carbocycles. The van der Waals surface area contributed by atoms with Gasteiger partial charge in [0, 0.05) is 28.2 Å². The Morgan fingerprint density at radius 2 is 2.04 bits per heavy atom. The van der Waals surface area contributed by atoms with Gasteiger partial charge in [-0.05, 0) is 59.1 Å². The summed E-state index contributed by atoms with van der Waals surface area (Å²) in [5, 5.41) is 0. The number of fused-ring (bicyclic) bond motifs is 1. The lowest BCUT2D eigenvalue weighted by molar-refractivity contribution is 0.341. The molecule has 0 N–H and O–H groups in total. The number of hydrogen-bond acceptors (Lipinski definition) is 4. The lowest BCUT2D eigenvalue weighted by Gasteiger charge is -2.10. The molecule has 4 nitrogen and oxygen atoms in total. The van der Waals surface area contributed by atoms with Crippen LogP contribution in [0, 0.1) is 13.8 Å². The third-order valence-electron chi connectivity index (χ3n) is 3.76. The third kappa shape index (κ3) is 4.64. The van der Waals surface area contributed by atoms with Gasteiger partial charge < -0.3 is 4.74 Å². The first-order chi connectivity index (χ1) is 12.0. The maximum atomic E-state index is 12.2. The molecule has 0 unspecified atom stereocenters. The van der Waals surface area contributed by atoms with Gasteiger partial charge in [0.15, 0.2) is 0 Å². The Hall–Kier alpha value is -1.79. The van der Waals surface area contributed by atoms with Crippen LogP contribution < -0.4 is 10.3 Å². The summed E-state index contributed by atoms with van der Waals surface area (Å²) in [6.45, 7) is 4.74. The lowest BCUT2D eigenvalue weighted by Crippen LogP contribution is -2.15. The van der Waals surface area contributed by atoms with Crippen molar-refractivity contribution in [2.24, 2.45) is 0 Å². The summed E-state index contributed by atoms with van der Waals surface area (Å²) in [4.78, 5) is 16.7. The second kappa shape index (κ2) is 8.06. The largest absolute Gasteiger partial charge is 0.492 e. The third-order valence-corrected chi connectivity index (χ3v) is 5.18. The van der Waals surface area contributed by atoms with Gasteiger partial charge >= 0.3 is 0 Å². The van der Waals surface area contributed by atoms with Gasteiger partial charge in [0.05, 0.1) is 12.3 Å². The van der Waals surface area contributed by atoms with Crippen LogP contribution in [0.4, 0.5) is 0 Å². The zero-order chi connectivity index (χ0) is 17.8. The van der Waals surface area contributed by atoms with Crippen LogP contribution in [0.3, 0.4) is 0 Å². The number of aromatic nitrogens is 2. The number of benzene rings is 1. The molecule has 3 aromatic rings. The van der Waals surface area contributed by atoms with E-state index in [9.17, 15) is 4.79 Å². The molecule has 0 saturated carbocycles. The van der Waals surface area contributed by atoms with Crippen LogP contribution in [0.2, 0.25) is 0 Å². The number of halogens is 1. The molecule has 0 atom stereocenters. The van der Waals surface area contributed by atoms with Crippen molar-refractivity contribution in [3.63, 3.8) is 0 Å². The fraction of sp³-hybridized carbons (Fsp3) is 0.263. The molecule has 0 aliphatic rings. The Labute approximate surface area is 159 Å². The fourth-order valence-electron chi connectivity index (χ4n) is 2.45. The molecule has 2 heterocycles. The van der Waals surface area contributed by atoms with E-state index in [-0.39, 0.29) is 5.56 Å². The van der Waals surface area contributed by atoms with Crippen molar-refractivity contribution in [2.75, 3.05) is 12.4 Å². The highest BCUT2D eigenvalue weighted by molar-refractivity contribution is 9.10. The van der Waals surface area contributed by atoms with Crippen molar-refractivity contribution in [2.45, 2.75) is 19.6 Å². The molecule has 6 heteroatoms. The zero-order valence-corrected chi connectivity index (χ0v) is 16.6. The van der Waals surface area contributed by atoms with E-state index in [1.54, 1.807) is 28.4 Å². The van der Waals surface area contributed by atoms with Gasteiger partial charge in [-0.2, -0.15) is 11.8 Å². The van der Waals surface area contributed by atoms with Gasteiger partial charge in [-0.1, -0.05) is 12.1 Å². The minimum absolute atomic E-state index is 0.0615. The van der Waals surface area contributed by atoms with Gasteiger partial charge in [-0.25, -0.2) is 4.98 Å². The van der Waals surface area contributed by atoms with Crippen LogP contribution in [0.15, 0.2) is 51.9 Å². The molecule has 25 heavy (non-hydrogen) atoms. The van der Waals surface area contributed by atoms with Gasteiger partial charge in [0.2, 0.25) is 0 Å². The molecule has 3 rings (SSSR count). The standard InChI is InChI=1S/C19H19BrN2O2S/c1-13-3-4-14(2)17(9-13)24-7-8-25-12-16-10-19(23)22-11-15(20)5-6-18(22)21-16/h3-6,9-11H,7-8,12H2,1-2H3. The number of rotatable bonds is 6. The Kier molecular flexibility index (Phi) is 5.81. The normalized spacial score (nSPS) is 11.0. The molecule has 0 aliphatic heterocycles. The van der Waals surface area contributed by atoms with E-state index < -0.39 is 0 Å². The van der Waals surface area contributed by atoms with Crippen LogP contribution in [-0.4, -0.2) is 21.7 Å². The predicted molar refractivity (Wildman–Crippen MR) is 107 cm³/mol. The minimum Gasteiger partial charge on any atom is -0.492 e. The summed E-state index contributed by atoms with van der Waals surface area (Å²) in [6, 6.07) is 11.5. The second-order valence-corrected chi connectivity index (χ2v) is 7.85. The highest BCUT2D eigenvalue weighted by Gasteiger charge is 2.04. The topological polar surface area (TPSA) is 43.6 Å². The molecule has 0 saturated heterocycles. The van der Waals surface area contributed by atoms with E-state index >= 15 is 0 Å². The molecule has 0 aliphatic carbocycles. The van der Waals surface area contributed by atoms with Crippen molar-refractivity contribution in [3.05, 3.63) is 74.2 Å². The van der Waals surface area contributed by atoms with Gasteiger partial charge in [-0.3, -0.25) is 9.20 Å². The zero-order valence-electron chi connectivity index (χ0n) is 14.2. The molecule has 0 spiro atoms. The number of thioether (sulfide) groups is 1. The summed E-state index contributed by atoms with van der Waals surface area (Å²) in [5.74, 6) is 2.47. The number of hydrogen-bond donors (Lipinski definition) is 0. The number of nitrogens with zero attached hydrogens (tertiary/aromatic N) is 2. The average molecular weight is 419 g/mol. The van der Waals surface area contributed by atoms with E-state index in [2.05, 4.69) is 46.0 Å². The summed E-state index contributed by atoms with van der Waals surface area (Å²) in [7, 11) is 0. The molecule has 0 radical (unpaired) electrons.